The zero-order valence-corrected chi connectivity index (χ0v) is 17.0. The van der Waals surface area contributed by atoms with Crippen molar-refractivity contribution in [2.45, 2.75) is 56.6 Å². The largest absolute Gasteiger partial charge is 0.481 e. The number of carbonyl (C=O) groups excluding carboxylic acids is 1. The van der Waals surface area contributed by atoms with Gasteiger partial charge in [-0.05, 0) is 19.3 Å². The lowest BCUT2D eigenvalue weighted by Gasteiger charge is -2.33. The third-order valence-electron chi connectivity index (χ3n) is 4.86. The van der Waals surface area contributed by atoms with Gasteiger partial charge >= 0.3 is 11.9 Å². The maximum atomic E-state index is 14.4. The van der Waals surface area contributed by atoms with Crippen molar-refractivity contribution in [1.82, 2.24) is 4.90 Å². The number of rotatable bonds is 11. The highest BCUT2D eigenvalue weighted by molar-refractivity contribution is 8.13. The van der Waals surface area contributed by atoms with Crippen molar-refractivity contribution in [2.24, 2.45) is 0 Å². The van der Waals surface area contributed by atoms with Crippen LogP contribution >= 0.6 is 11.8 Å². The molecule has 1 aromatic carbocycles. The van der Waals surface area contributed by atoms with Crippen LogP contribution in [0.4, 0.5) is 13.6 Å². The number of aliphatic carboxylic acids is 1. The van der Waals surface area contributed by atoms with Gasteiger partial charge in [0.2, 0.25) is 0 Å². The van der Waals surface area contributed by atoms with Crippen LogP contribution in [0.2, 0.25) is 0 Å². The molecule has 0 aromatic heterocycles. The Kier molecular flexibility index (Phi) is 9.10. The number of benzene rings is 1. The standard InChI is InChI=1S/C21H27F2NO4S/c22-21(23,16-8-4-3-5-9-16)18(25)12-11-17-13-15-29-20(28)24(17)14-7-2-1-6-10-19(26)27/h3-5,8-9,11-12,17-18,25H,1-2,6-7,10,13-15H2,(H,26,27)/b12-11+/t17-,18?/m0/s1. The van der Waals surface area contributed by atoms with Gasteiger partial charge in [-0.3, -0.25) is 9.59 Å². The molecular weight excluding hydrogens is 400 g/mol. The SMILES string of the molecule is O=C(O)CCCCCCN1C(=O)SCC[C@@H]1/C=C/C(O)C(F)(F)c1ccccc1. The first-order chi connectivity index (χ1) is 13.8. The molecule has 1 amide bonds. The van der Waals surface area contributed by atoms with Crippen LogP contribution in [-0.4, -0.2) is 50.8 Å². The minimum absolute atomic E-state index is 0.0965. The van der Waals surface area contributed by atoms with Crippen LogP contribution in [0, 0.1) is 0 Å². The summed E-state index contributed by atoms with van der Waals surface area (Å²) >= 11 is 1.20. The van der Waals surface area contributed by atoms with E-state index < -0.39 is 18.0 Å². The van der Waals surface area contributed by atoms with Crippen LogP contribution in [0.5, 0.6) is 0 Å². The molecule has 1 saturated heterocycles. The van der Waals surface area contributed by atoms with E-state index in [2.05, 4.69) is 0 Å². The summed E-state index contributed by atoms with van der Waals surface area (Å²) in [6.07, 6.45) is 4.27. The first-order valence-corrected chi connectivity index (χ1v) is 10.8. The number of carboxylic acid groups (broad SMARTS) is 1. The van der Waals surface area contributed by atoms with Gasteiger partial charge in [-0.2, -0.15) is 8.78 Å². The Morgan fingerprint density at radius 2 is 1.93 bits per heavy atom. The Labute approximate surface area is 173 Å². The number of thioether (sulfide) groups is 1. The molecule has 160 valence electrons. The second-order valence-electron chi connectivity index (χ2n) is 7.04. The second-order valence-corrected chi connectivity index (χ2v) is 8.09. The lowest BCUT2D eigenvalue weighted by atomic mass is 10.0. The van der Waals surface area contributed by atoms with Gasteiger partial charge in [0.1, 0.15) is 6.10 Å². The molecule has 5 nitrogen and oxygen atoms in total. The summed E-state index contributed by atoms with van der Waals surface area (Å²) < 4.78 is 28.9. The van der Waals surface area contributed by atoms with E-state index in [1.165, 1.54) is 42.1 Å². The first kappa shape index (κ1) is 23.3. The predicted molar refractivity (Wildman–Crippen MR) is 109 cm³/mol. The highest BCUT2D eigenvalue weighted by Gasteiger charge is 2.39. The zero-order chi connectivity index (χ0) is 21.3. The minimum Gasteiger partial charge on any atom is -0.481 e. The van der Waals surface area contributed by atoms with Gasteiger partial charge < -0.3 is 15.1 Å². The number of alkyl halides is 2. The molecule has 2 rings (SSSR count). The fraction of sp³-hybridized carbons (Fsp3) is 0.524. The molecule has 0 spiro atoms. The van der Waals surface area contributed by atoms with Gasteiger partial charge in [-0.25, -0.2) is 0 Å². The van der Waals surface area contributed by atoms with Gasteiger partial charge in [0.15, 0.2) is 0 Å². The summed E-state index contributed by atoms with van der Waals surface area (Å²) in [4.78, 5) is 24.4. The average Bonchev–Trinajstić information content (AvgIpc) is 2.70. The normalized spacial score (nSPS) is 18.9. The molecule has 1 heterocycles. The maximum absolute atomic E-state index is 14.4. The number of halogens is 2. The molecule has 1 aliphatic rings. The monoisotopic (exact) mass is 427 g/mol. The Balaban J connectivity index is 1.92. The summed E-state index contributed by atoms with van der Waals surface area (Å²) in [5.74, 6) is -3.63. The first-order valence-electron chi connectivity index (χ1n) is 9.77. The Morgan fingerprint density at radius 1 is 1.24 bits per heavy atom. The summed E-state index contributed by atoms with van der Waals surface area (Å²) in [7, 11) is 0. The van der Waals surface area contributed by atoms with Gasteiger partial charge in [0.05, 0.1) is 6.04 Å². The van der Waals surface area contributed by atoms with Gasteiger partial charge in [-0.1, -0.05) is 67.1 Å². The van der Waals surface area contributed by atoms with Crippen molar-refractivity contribution in [3.05, 3.63) is 48.0 Å². The van der Waals surface area contributed by atoms with E-state index in [1.807, 2.05) is 0 Å². The Bertz CT molecular complexity index is 699. The average molecular weight is 428 g/mol. The number of hydrogen-bond acceptors (Lipinski definition) is 4. The molecular formula is C21H27F2NO4S. The summed E-state index contributed by atoms with van der Waals surface area (Å²) in [6.45, 7) is 0.485. The van der Waals surface area contributed by atoms with Crippen molar-refractivity contribution >= 4 is 23.0 Å². The number of amides is 1. The number of carbonyl (C=O) groups is 2. The smallest absolute Gasteiger partial charge is 0.303 e. The molecule has 0 aliphatic carbocycles. The van der Waals surface area contributed by atoms with Crippen molar-refractivity contribution in [2.75, 3.05) is 12.3 Å². The van der Waals surface area contributed by atoms with Gasteiger partial charge in [0, 0.05) is 24.3 Å². The van der Waals surface area contributed by atoms with E-state index in [-0.39, 0.29) is 23.3 Å². The number of aliphatic hydroxyl groups excluding tert-OH is 1. The zero-order valence-electron chi connectivity index (χ0n) is 16.2. The van der Waals surface area contributed by atoms with E-state index >= 15 is 0 Å². The fourth-order valence-corrected chi connectivity index (χ4v) is 4.12. The van der Waals surface area contributed by atoms with Crippen LogP contribution in [0.15, 0.2) is 42.5 Å². The topological polar surface area (TPSA) is 77.8 Å². The summed E-state index contributed by atoms with van der Waals surface area (Å²) in [6, 6.07) is 6.84. The fourth-order valence-electron chi connectivity index (χ4n) is 3.20. The van der Waals surface area contributed by atoms with Crippen LogP contribution in [0.3, 0.4) is 0 Å². The minimum atomic E-state index is -3.42. The lowest BCUT2D eigenvalue weighted by molar-refractivity contribution is -0.137. The highest BCUT2D eigenvalue weighted by Crippen LogP contribution is 2.33. The molecule has 1 aliphatic heterocycles. The van der Waals surface area contributed by atoms with Crippen molar-refractivity contribution in [3.8, 4) is 0 Å². The van der Waals surface area contributed by atoms with Crippen LogP contribution in [-0.2, 0) is 10.7 Å². The molecule has 8 heteroatoms. The van der Waals surface area contributed by atoms with Gasteiger partial charge in [0.25, 0.3) is 5.24 Å². The maximum Gasteiger partial charge on any atom is 0.303 e. The predicted octanol–water partition coefficient (Wildman–Crippen LogP) is 4.66. The molecule has 1 aromatic rings. The molecule has 29 heavy (non-hydrogen) atoms. The van der Waals surface area contributed by atoms with E-state index in [0.717, 1.165) is 25.3 Å². The number of nitrogens with zero attached hydrogens (tertiary/aromatic N) is 1. The second kappa shape index (κ2) is 11.3. The number of carboxylic acids is 1. The molecule has 1 unspecified atom stereocenters. The molecule has 0 bridgehead atoms. The molecule has 0 radical (unpaired) electrons. The van der Waals surface area contributed by atoms with Crippen LogP contribution in [0.1, 0.15) is 44.1 Å². The highest BCUT2D eigenvalue weighted by atomic mass is 32.2. The summed E-state index contributed by atoms with van der Waals surface area (Å²) in [5, 5.41) is 18.6. The lowest BCUT2D eigenvalue weighted by Crippen LogP contribution is -2.41. The van der Waals surface area contributed by atoms with Gasteiger partial charge in [-0.15, -0.1) is 0 Å². The van der Waals surface area contributed by atoms with E-state index in [4.69, 9.17) is 5.11 Å². The van der Waals surface area contributed by atoms with Crippen LogP contribution < -0.4 is 0 Å². The third-order valence-corrected chi connectivity index (χ3v) is 5.78. The molecule has 1 fully saturated rings. The number of aliphatic hydroxyl groups is 1. The number of unbranched alkanes of at least 4 members (excludes halogenated alkanes) is 3. The third kappa shape index (κ3) is 7.12. The number of hydrogen-bond donors (Lipinski definition) is 2. The Morgan fingerprint density at radius 3 is 2.62 bits per heavy atom. The van der Waals surface area contributed by atoms with Crippen molar-refractivity contribution < 1.29 is 28.6 Å². The summed E-state index contributed by atoms with van der Waals surface area (Å²) in [5.41, 5.74) is -0.259. The van der Waals surface area contributed by atoms with E-state index in [9.17, 15) is 23.5 Å². The molecule has 2 N–H and O–H groups in total. The van der Waals surface area contributed by atoms with E-state index in [0.29, 0.717) is 25.1 Å². The van der Waals surface area contributed by atoms with Crippen molar-refractivity contribution in [1.29, 1.82) is 0 Å². The van der Waals surface area contributed by atoms with Crippen LogP contribution in [0.25, 0.3) is 0 Å². The molecule has 0 saturated carbocycles. The molecule has 2 atom stereocenters. The van der Waals surface area contributed by atoms with E-state index in [1.54, 1.807) is 11.0 Å². The quantitative estimate of drug-likeness (QED) is 0.397. The Hall–Kier alpha value is -1.93. The van der Waals surface area contributed by atoms with Crippen molar-refractivity contribution in [3.63, 3.8) is 0 Å².